The molecule has 6 heteroatoms. The number of aromatic nitrogens is 1. The van der Waals surface area contributed by atoms with Crippen LogP contribution in [-0.2, 0) is 13.0 Å². The maximum atomic E-state index is 14.2. The summed E-state index contributed by atoms with van der Waals surface area (Å²) in [5.41, 5.74) is 2.12. The lowest BCUT2D eigenvalue weighted by atomic mass is 9.84. The summed E-state index contributed by atoms with van der Waals surface area (Å²) in [5.74, 6) is -0.431. The van der Waals surface area contributed by atoms with Crippen LogP contribution < -0.4 is 0 Å². The summed E-state index contributed by atoms with van der Waals surface area (Å²) < 4.78 is 27.8. The van der Waals surface area contributed by atoms with E-state index in [2.05, 4.69) is 26.9 Å². The maximum absolute atomic E-state index is 14.2. The van der Waals surface area contributed by atoms with Crippen molar-refractivity contribution in [1.29, 1.82) is 0 Å². The highest BCUT2D eigenvalue weighted by Crippen LogP contribution is 2.36. The smallest absolute Gasteiger partial charge is 0.272 e. The fourth-order valence-corrected chi connectivity index (χ4v) is 5.31. The summed E-state index contributed by atoms with van der Waals surface area (Å²) in [6.45, 7) is 1.99. The third-order valence-corrected chi connectivity index (χ3v) is 7.28. The molecule has 1 saturated carbocycles. The Morgan fingerprint density at radius 3 is 2.40 bits per heavy atom. The number of halogens is 2. The zero-order chi connectivity index (χ0) is 24.2. The van der Waals surface area contributed by atoms with E-state index < -0.39 is 5.82 Å². The lowest BCUT2D eigenvalue weighted by molar-refractivity contribution is 0.0476. The largest absolute Gasteiger partial charge is 0.331 e. The molecule has 1 saturated heterocycles. The number of benzene rings is 2. The molecule has 4 nitrogen and oxygen atoms in total. The van der Waals surface area contributed by atoms with Crippen molar-refractivity contribution >= 4 is 5.91 Å². The molecule has 35 heavy (non-hydrogen) atoms. The monoisotopic (exact) mass is 475 g/mol. The van der Waals surface area contributed by atoms with Gasteiger partial charge in [-0.15, -0.1) is 0 Å². The molecule has 5 rings (SSSR count). The predicted octanol–water partition coefficient (Wildman–Crippen LogP) is 5.49. The first-order valence-electron chi connectivity index (χ1n) is 12.5. The van der Waals surface area contributed by atoms with E-state index >= 15 is 0 Å². The van der Waals surface area contributed by atoms with E-state index in [4.69, 9.17) is 0 Å². The van der Waals surface area contributed by atoms with E-state index in [0.717, 1.165) is 51.3 Å². The summed E-state index contributed by atoms with van der Waals surface area (Å²) in [5, 5.41) is 0. The SMILES string of the molecule is O=C(c1ccccn1)N(C1CC1)C(Cc1ccccc1)C1CCN(Cc2cc(F)ccc2F)CC1. The molecular weight excluding hydrogens is 444 g/mol. The van der Waals surface area contributed by atoms with Crippen LogP contribution >= 0.6 is 0 Å². The highest BCUT2D eigenvalue weighted by Gasteiger charge is 2.42. The summed E-state index contributed by atoms with van der Waals surface area (Å²) in [4.78, 5) is 22.3. The van der Waals surface area contributed by atoms with Crippen molar-refractivity contribution < 1.29 is 13.6 Å². The molecule has 182 valence electrons. The van der Waals surface area contributed by atoms with Gasteiger partial charge >= 0.3 is 0 Å². The van der Waals surface area contributed by atoms with E-state index in [0.29, 0.717) is 23.7 Å². The summed E-state index contributed by atoms with van der Waals surface area (Å²) in [6, 6.07) is 19.8. The second kappa shape index (κ2) is 10.6. The number of carbonyl (C=O) groups is 1. The standard InChI is InChI=1S/C29H31F2N3O/c30-24-9-12-26(31)23(19-24)20-33-16-13-22(14-17-33)28(18-21-6-2-1-3-7-21)34(25-10-11-25)29(35)27-8-4-5-15-32-27/h1-9,12,15,19,22,25,28H,10-11,13-14,16-18,20H2. The first-order chi connectivity index (χ1) is 17.1. The van der Waals surface area contributed by atoms with E-state index in [9.17, 15) is 13.6 Å². The number of amides is 1. The van der Waals surface area contributed by atoms with Crippen molar-refractivity contribution in [2.24, 2.45) is 5.92 Å². The van der Waals surface area contributed by atoms with Gasteiger partial charge in [-0.1, -0.05) is 36.4 Å². The average molecular weight is 476 g/mol. The molecule has 0 N–H and O–H groups in total. The van der Waals surface area contributed by atoms with Gasteiger partial charge < -0.3 is 4.90 Å². The molecule has 2 heterocycles. The molecule has 1 aliphatic heterocycles. The Kier molecular flexibility index (Phi) is 7.19. The fourth-order valence-electron chi connectivity index (χ4n) is 5.31. The van der Waals surface area contributed by atoms with Crippen LogP contribution in [0.4, 0.5) is 8.78 Å². The lowest BCUT2D eigenvalue weighted by Crippen LogP contribution is -2.50. The Morgan fingerprint density at radius 2 is 1.71 bits per heavy atom. The van der Waals surface area contributed by atoms with Crippen LogP contribution in [0.1, 0.15) is 47.3 Å². The molecule has 0 spiro atoms. The van der Waals surface area contributed by atoms with E-state index in [1.165, 1.54) is 17.7 Å². The number of hydrogen-bond acceptors (Lipinski definition) is 3. The van der Waals surface area contributed by atoms with Gasteiger partial charge in [-0.3, -0.25) is 14.7 Å². The molecular formula is C29H31F2N3O. The zero-order valence-corrected chi connectivity index (χ0v) is 19.8. The normalized spacial score (nSPS) is 17.8. The lowest BCUT2D eigenvalue weighted by Gasteiger charge is -2.42. The fraction of sp³-hybridized carbons (Fsp3) is 0.379. The number of likely N-dealkylation sites (tertiary alicyclic amines) is 1. The van der Waals surface area contributed by atoms with Crippen LogP contribution in [0.15, 0.2) is 72.9 Å². The predicted molar refractivity (Wildman–Crippen MR) is 132 cm³/mol. The van der Waals surface area contributed by atoms with Crippen LogP contribution in [0.3, 0.4) is 0 Å². The van der Waals surface area contributed by atoms with Gasteiger partial charge in [0.15, 0.2) is 0 Å². The first-order valence-corrected chi connectivity index (χ1v) is 12.5. The molecule has 1 atom stereocenters. The Hall–Kier alpha value is -3.12. The molecule has 3 aromatic rings. The van der Waals surface area contributed by atoms with Crippen molar-refractivity contribution in [3.63, 3.8) is 0 Å². The molecule has 2 aliphatic rings. The Labute approximate surface area is 205 Å². The van der Waals surface area contributed by atoms with Gasteiger partial charge in [0, 0.05) is 30.4 Å². The van der Waals surface area contributed by atoms with Crippen LogP contribution in [0.2, 0.25) is 0 Å². The third kappa shape index (κ3) is 5.76. The molecule has 2 fully saturated rings. The second-order valence-electron chi connectivity index (χ2n) is 9.76. The van der Waals surface area contributed by atoms with E-state index in [1.54, 1.807) is 12.3 Å². The van der Waals surface area contributed by atoms with Crippen molar-refractivity contribution in [3.05, 3.63) is 101 Å². The third-order valence-electron chi connectivity index (χ3n) is 7.28. The van der Waals surface area contributed by atoms with Gasteiger partial charge in [-0.25, -0.2) is 8.78 Å². The molecule has 1 amide bonds. The summed E-state index contributed by atoms with van der Waals surface area (Å²) in [6.07, 6.45) is 6.36. The van der Waals surface area contributed by atoms with Crippen LogP contribution in [-0.4, -0.2) is 45.9 Å². The van der Waals surface area contributed by atoms with E-state index in [1.807, 2.05) is 30.3 Å². The Morgan fingerprint density at radius 1 is 0.971 bits per heavy atom. The Balaban J connectivity index is 1.34. The minimum Gasteiger partial charge on any atom is -0.331 e. The van der Waals surface area contributed by atoms with E-state index in [-0.39, 0.29) is 23.8 Å². The maximum Gasteiger partial charge on any atom is 0.272 e. The highest BCUT2D eigenvalue weighted by molar-refractivity contribution is 5.93. The number of rotatable bonds is 8. The minimum atomic E-state index is -0.410. The van der Waals surface area contributed by atoms with Crippen molar-refractivity contribution in [2.45, 2.75) is 50.7 Å². The van der Waals surface area contributed by atoms with Crippen LogP contribution in [0.25, 0.3) is 0 Å². The van der Waals surface area contributed by atoms with Gasteiger partial charge in [0.25, 0.3) is 5.91 Å². The number of nitrogens with zero attached hydrogens (tertiary/aromatic N) is 3. The number of pyridine rings is 1. The summed E-state index contributed by atoms with van der Waals surface area (Å²) >= 11 is 0. The van der Waals surface area contributed by atoms with Crippen LogP contribution in [0.5, 0.6) is 0 Å². The van der Waals surface area contributed by atoms with Gasteiger partial charge in [0.1, 0.15) is 17.3 Å². The summed E-state index contributed by atoms with van der Waals surface area (Å²) in [7, 11) is 0. The van der Waals surface area contributed by atoms with Crippen molar-refractivity contribution in [3.8, 4) is 0 Å². The van der Waals surface area contributed by atoms with Gasteiger partial charge in [0.05, 0.1) is 0 Å². The molecule has 1 aliphatic carbocycles. The number of hydrogen-bond donors (Lipinski definition) is 0. The first kappa shape index (κ1) is 23.6. The zero-order valence-electron chi connectivity index (χ0n) is 19.8. The molecule has 1 aromatic heterocycles. The van der Waals surface area contributed by atoms with Crippen molar-refractivity contribution in [2.75, 3.05) is 13.1 Å². The molecule has 0 radical (unpaired) electrons. The number of piperidine rings is 1. The van der Waals surface area contributed by atoms with Gasteiger partial charge in [-0.2, -0.15) is 0 Å². The van der Waals surface area contributed by atoms with Crippen LogP contribution in [0, 0.1) is 17.6 Å². The topological polar surface area (TPSA) is 36.4 Å². The highest BCUT2D eigenvalue weighted by atomic mass is 19.1. The minimum absolute atomic E-state index is 0.0123. The van der Waals surface area contributed by atoms with Gasteiger partial charge in [-0.05, 0) is 87.0 Å². The average Bonchev–Trinajstić information content (AvgIpc) is 3.73. The Bertz CT molecular complexity index is 1130. The second-order valence-corrected chi connectivity index (χ2v) is 9.76. The molecule has 1 unspecified atom stereocenters. The van der Waals surface area contributed by atoms with Crippen molar-refractivity contribution in [1.82, 2.24) is 14.8 Å². The molecule has 2 aromatic carbocycles. The number of carbonyl (C=O) groups excluding carboxylic acids is 1. The quantitative estimate of drug-likeness (QED) is 0.432. The molecule has 0 bridgehead atoms. The van der Waals surface area contributed by atoms with Gasteiger partial charge in [0.2, 0.25) is 0 Å².